The minimum absolute atomic E-state index is 0.0936. The van der Waals surface area contributed by atoms with Gasteiger partial charge < -0.3 is 10.6 Å². The first-order chi connectivity index (χ1) is 6.81. The van der Waals surface area contributed by atoms with Crippen LogP contribution in [0.2, 0.25) is 0 Å². The molecule has 4 nitrogen and oxygen atoms in total. The summed E-state index contributed by atoms with van der Waals surface area (Å²) in [5, 5.41) is 13.7. The molecule has 0 aliphatic carbocycles. The van der Waals surface area contributed by atoms with Crippen LogP contribution in [0.25, 0.3) is 0 Å². The van der Waals surface area contributed by atoms with Crippen molar-refractivity contribution in [3.8, 4) is 6.07 Å². The maximum absolute atomic E-state index is 11.0. The second-order valence-corrected chi connectivity index (χ2v) is 3.17. The predicted octanol–water partition coefficient (Wildman–Crippen LogP) is 0.796. The van der Waals surface area contributed by atoms with Crippen LogP contribution >= 0.6 is 0 Å². The summed E-state index contributed by atoms with van der Waals surface area (Å²) in [4.78, 5) is 11.0. The number of carbonyl (C=O) groups excluding carboxylic acids is 1. The number of hydrogen-bond acceptors (Lipinski definition) is 3. The monoisotopic (exact) mass is 197 g/mol. The molecule has 0 fully saturated rings. The molecule has 4 heteroatoms. The van der Waals surface area contributed by atoms with Crippen LogP contribution in [0.15, 0.2) is 0 Å². The molecule has 2 N–H and O–H groups in total. The van der Waals surface area contributed by atoms with Crippen molar-refractivity contribution in [2.45, 2.75) is 32.6 Å². The summed E-state index contributed by atoms with van der Waals surface area (Å²) in [6.07, 6.45) is 4.80. The van der Waals surface area contributed by atoms with E-state index in [9.17, 15) is 4.79 Å². The van der Waals surface area contributed by atoms with Crippen LogP contribution in [-0.4, -0.2) is 25.5 Å². The molecule has 0 atom stereocenters. The Bertz CT molecular complexity index is 186. The van der Waals surface area contributed by atoms with E-state index in [1.54, 1.807) is 0 Å². The lowest BCUT2D eigenvalue weighted by Gasteiger charge is -2.03. The Hall–Kier alpha value is -1.08. The summed E-state index contributed by atoms with van der Waals surface area (Å²) in [5.41, 5.74) is 0. The SMILES string of the molecule is CCCCCCNCC(=O)NCC#N. The van der Waals surface area contributed by atoms with Crippen LogP contribution in [0, 0.1) is 11.3 Å². The molecular formula is C10H19N3O. The fraction of sp³-hybridized carbons (Fsp3) is 0.800. The summed E-state index contributed by atoms with van der Waals surface area (Å²) in [5.74, 6) is -0.109. The zero-order chi connectivity index (χ0) is 10.6. The van der Waals surface area contributed by atoms with Crippen molar-refractivity contribution in [2.24, 2.45) is 0 Å². The van der Waals surface area contributed by atoms with Gasteiger partial charge in [-0.1, -0.05) is 26.2 Å². The molecule has 1 amide bonds. The molecule has 0 spiro atoms. The Morgan fingerprint density at radius 2 is 2.14 bits per heavy atom. The lowest BCUT2D eigenvalue weighted by molar-refractivity contribution is -0.120. The first kappa shape index (κ1) is 12.9. The van der Waals surface area contributed by atoms with Crippen LogP contribution in [0.1, 0.15) is 32.6 Å². The van der Waals surface area contributed by atoms with Crippen molar-refractivity contribution in [3.05, 3.63) is 0 Å². The van der Waals surface area contributed by atoms with Gasteiger partial charge in [-0.15, -0.1) is 0 Å². The Labute approximate surface area is 85.7 Å². The van der Waals surface area contributed by atoms with E-state index < -0.39 is 0 Å². The lowest BCUT2D eigenvalue weighted by atomic mass is 10.2. The Morgan fingerprint density at radius 3 is 2.79 bits per heavy atom. The van der Waals surface area contributed by atoms with Gasteiger partial charge in [0.05, 0.1) is 12.6 Å². The molecular weight excluding hydrogens is 178 g/mol. The van der Waals surface area contributed by atoms with Crippen LogP contribution < -0.4 is 10.6 Å². The first-order valence-corrected chi connectivity index (χ1v) is 5.15. The van der Waals surface area contributed by atoms with Gasteiger partial charge in [-0.05, 0) is 13.0 Å². The third-order valence-electron chi connectivity index (χ3n) is 1.86. The topological polar surface area (TPSA) is 64.9 Å². The fourth-order valence-electron chi connectivity index (χ4n) is 1.08. The van der Waals surface area contributed by atoms with E-state index in [4.69, 9.17) is 5.26 Å². The number of nitrogens with zero attached hydrogens (tertiary/aromatic N) is 1. The fourth-order valence-corrected chi connectivity index (χ4v) is 1.08. The van der Waals surface area contributed by atoms with Gasteiger partial charge in [-0.2, -0.15) is 5.26 Å². The second-order valence-electron chi connectivity index (χ2n) is 3.17. The van der Waals surface area contributed by atoms with Crippen molar-refractivity contribution in [2.75, 3.05) is 19.6 Å². The highest BCUT2D eigenvalue weighted by atomic mass is 16.1. The third-order valence-corrected chi connectivity index (χ3v) is 1.86. The average Bonchev–Trinajstić information content (AvgIpc) is 2.20. The molecule has 0 rings (SSSR count). The highest BCUT2D eigenvalue weighted by Gasteiger charge is 1.97. The highest BCUT2D eigenvalue weighted by molar-refractivity contribution is 5.78. The second kappa shape index (κ2) is 10.0. The molecule has 0 bridgehead atoms. The van der Waals surface area contributed by atoms with Gasteiger partial charge in [0.2, 0.25) is 5.91 Å². The molecule has 0 saturated carbocycles. The molecule has 0 radical (unpaired) electrons. The van der Waals surface area contributed by atoms with E-state index >= 15 is 0 Å². The van der Waals surface area contributed by atoms with Gasteiger partial charge in [0.15, 0.2) is 0 Å². The van der Waals surface area contributed by atoms with Crippen molar-refractivity contribution < 1.29 is 4.79 Å². The van der Waals surface area contributed by atoms with Crippen molar-refractivity contribution in [3.63, 3.8) is 0 Å². The molecule has 0 unspecified atom stereocenters. The molecule has 0 aliphatic rings. The Kier molecular flexibility index (Phi) is 9.23. The molecule has 0 saturated heterocycles. The van der Waals surface area contributed by atoms with Crippen LogP contribution in [0.3, 0.4) is 0 Å². The molecule has 80 valence electrons. The average molecular weight is 197 g/mol. The number of unbranched alkanes of at least 4 members (excludes halogenated alkanes) is 3. The summed E-state index contributed by atoms with van der Waals surface area (Å²) in [6, 6.07) is 1.86. The number of carbonyl (C=O) groups is 1. The first-order valence-electron chi connectivity index (χ1n) is 5.15. The van der Waals surface area contributed by atoms with E-state index in [-0.39, 0.29) is 12.5 Å². The quantitative estimate of drug-likeness (QED) is 0.447. The Balaban J connectivity index is 3.11. The summed E-state index contributed by atoms with van der Waals surface area (Å²) < 4.78 is 0. The van der Waals surface area contributed by atoms with E-state index in [0.717, 1.165) is 13.0 Å². The van der Waals surface area contributed by atoms with Crippen LogP contribution in [0.5, 0.6) is 0 Å². The van der Waals surface area contributed by atoms with Crippen molar-refractivity contribution >= 4 is 5.91 Å². The Morgan fingerprint density at radius 1 is 1.36 bits per heavy atom. The molecule has 14 heavy (non-hydrogen) atoms. The third kappa shape index (κ3) is 9.01. The van der Waals surface area contributed by atoms with Gasteiger partial charge >= 0.3 is 0 Å². The van der Waals surface area contributed by atoms with E-state index in [2.05, 4.69) is 17.6 Å². The van der Waals surface area contributed by atoms with Gasteiger partial charge in [0, 0.05) is 0 Å². The summed E-state index contributed by atoms with van der Waals surface area (Å²) in [6.45, 7) is 3.45. The number of hydrogen-bond donors (Lipinski definition) is 2. The number of nitriles is 1. The van der Waals surface area contributed by atoms with E-state index in [0.29, 0.717) is 6.54 Å². The minimum atomic E-state index is -0.109. The zero-order valence-corrected chi connectivity index (χ0v) is 8.81. The predicted molar refractivity (Wildman–Crippen MR) is 55.6 cm³/mol. The smallest absolute Gasteiger partial charge is 0.234 e. The molecule has 0 heterocycles. The number of amides is 1. The minimum Gasteiger partial charge on any atom is -0.342 e. The number of nitrogens with one attached hydrogen (secondary N) is 2. The molecule has 0 aromatic heterocycles. The van der Waals surface area contributed by atoms with Crippen LogP contribution in [-0.2, 0) is 4.79 Å². The normalized spacial score (nSPS) is 9.43. The molecule has 0 aliphatic heterocycles. The molecule has 0 aromatic rings. The van der Waals surface area contributed by atoms with E-state index in [1.165, 1.54) is 19.3 Å². The van der Waals surface area contributed by atoms with Crippen molar-refractivity contribution in [1.82, 2.24) is 10.6 Å². The van der Waals surface area contributed by atoms with Gasteiger partial charge in [-0.25, -0.2) is 0 Å². The maximum Gasteiger partial charge on any atom is 0.234 e. The van der Waals surface area contributed by atoms with E-state index in [1.807, 2.05) is 6.07 Å². The largest absolute Gasteiger partial charge is 0.342 e. The maximum atomic E-state index is 11.0. The van der Waals surface area contributed by atoms with Gasteiger partial charge in [-0.3, -0.25) is 4.79 Å². The van der Waals surface area contributed by atoms with Crippen LogP contribution in [0.4, 0.5) is 0 Å². The highest BCUT2D eigenvalue weighted by Crippen LogP contribution is 1.96. The van der Waals surface area contributed by atoms with Gasteiger partial charge in [0.25, 0.3) is 0 Å². The number of rotatable bonds is 8. The van der Waals surface area contributed by atoms with Gasteiger partial charge in [0.1, 0.15) is 6.54 Å². The molecule has 0 aromatic carbocycles. The summed E-state index contributed by atoms with van der Waals surface area (Å²) >= 11 is 0. The zero-order valence-electron chi connectivity index (χ0n) is 8.81. The summed E-state index contributed by atoms with van der Waals surface area (Å²) in [7, 11) is 0. The lowest BCUT2D eigenvalue weighted by Crippen LogP contribution is -2.34. The van der Waals surface area contributed by atoms with Crippen molar-refractivity contribution in [1.29, 1.82) is 5.26 Å². The standard InChI is InChI=1S/C10H19N3O/c1-2-3-4-5-7-12-9-10(14)13-8-6-11/h12H,2-5,7-9H2,1H3,(H,13,14).